The molecule has 11 atom stereocenters. The summed E-state index contributed by atoms with van der Waals surface area (Å²) in [6, 6.07) is 0. The lowest BCUT2D eigenvalue weighted by atomic mass is 9.98. The van der Waals surface area contributed by atoms with E-state index in [0.717, 1.165) is 64.2 Å². The van der Waals surface area contributed by atoms with E-state index in [1.54, 1.807) is 0 Å². The van der Waals surface area contributed by atoms with Crippen molar-refractivity contribution in [1.82, 2.24) is 0 Å². The molecule has 2 rings (SSSR count). The molecule has 2 aliphatic heterocycles. The van der Waals surface area contributed by atoms with Crippen LogP contribution in [-0.2, 0) is 38.0 Å². The summed E-state index contributed by atoms with van der Waals surface area (Å²) < 4.78 is 33.6. The number of aliphatic hydroxyl groups excluding tert-OH is 7. The van der Waals surface area contributed by atoms with Gasteiger partial charge in [-0.1, -0.05) is 185 Å². The van der Waals surface area contributed by atoms with Crippen LogP contribution < -0.4 is 0 Å². The fourth-order valence-electron chi connectivity index (χ4n) is 8.75. The van der Waals surface area contributed by atoms with E-state index in [0.29, 0.717) is 12.8 Å². The molecule has 2 aliphatic rings. The van der Waals surface area contributed by atoms with Gasteiger partial charge in [0.2, 0.25) is 0 Å². The van der Waals surface area contributed by atoms with Crippen LogP contribution in [-0.4, -0.2) is 142 Å². The minimum Gasteiger partial charge on any atom is -0.462 e. The minimum absolute atomic E-state index is 0.141. The molecule has 2 fully saturated rings. The van der Waals surface area contributed by atoms with Crippen molar-refractivity contribution in [3.8, 4) is 0 Å². The summed E-state index contributed by atoms with van der Waals surface area (Å²) in [6.45, 7) is 2.57. The molecule has 15 nitrogen and oxygen atoms in total. The van der Waals surface area contributed by atoms with Gasteiger partial charge in [-0.2, -0.15) is 0 Å². The molecule has 414 valence electrons. The quantitative estimate of drug-likeness (QED) is 0.0172. The number of ether oxygens (including phenoxy) is 6. The van der Waals surface area contributed by atoms with E-state index in [9.17, 15) is 45.3 Å². The lowest BCUT2D eigenvalue weighted by Gasteiger charge is -2.42. The van der Waals surface area contributed by atoms with E-state index in [1.165, 1.54) is 109 Å². The van der Waals surface area contributed by atoms with E-state index in [2.05, 4.69) is 50.3 Å². The van der Waals surface area contributed by atoms with Gasteiger partial charge in [-0.15, -0.1) is 0 Å². The minimum atomic E-state index is -1.77. The largest absolute Gasteiger partial charge is 0.462 e. The number of hydrogen-bond acceptors (Lipinski definition) is 15. The van der Waals surface area contributed by atoms with Crippen molar-refractivity contribution in [3.05, 3.63) is 36.5 Å². The molecular weight excluding hydrogens is 913 g/mol. The summed E-state index contributed by atoms with van der Waals surface area (Å²) in [5.41, 5.74) is 0. The monoisotopic (exact) mass is 1010 g/mol. The Bertz CT molecular complexity index is 1380. The number of esters is 2. The maximum Gasteiger partial charge on any atom is 0.306 e. The Labute approximate surface area is 427 Å². The molecular formula is C56H100O15. The highest BCUT2D eigenvalue weighted by molar-refractivity contribution is 5.70. The molecule has 15 heteroatoms. The van der Waals surface area contributed by atoms with E-state index < -0.39 is 92.7 Å². The second-order valence-electron chi connectivity index (χ2n) is 19.8. The fraction of sp³-hybridized carbons (Fsp3) is 0.857. The number of carbonyl (C=O) groups is 2. The van der Waals surface area contributed by atoms with Gasteiger partial charge in [0, 0.05) is 12.8 Å². The first-order valence-corrected chi connectivity index (χ1v) is 28.1. The maximum absolute atomic E-state index is 13.0. The van der Waals surface area contributed by atoms with E-state index >= 15 is 0 Å². The molecule has 71 heavy (non-hydrogen) atoms. The third-order valence-corrected chi connectivity index (χ3v) is 13.4. The molecule has 0 spiro atoms. The van der Waals surface area contributed by atoms with E-state index in [4.69, 9.17) is 28.4 Å². The molecule has 0 aromatic carbocycles. The highest BCUT2D eigenvalue weighted by atomic mass is 16.7. The lowest BCUT2D eigenvalue weighted by Crippen LogP contribution is -2.61. The third-order valence-electron chi connectivity index (χ3n) is 13.4. The Morgan fingerprint density at radius 2 is 0.845 bits per heavy atom. The van der Waals surface area contributed by atoms with Crippen molar-refractivity contribution in [2.45, 2.75) is 280 Å². The Morgan fingerprint density at radius 1 is 0.451 bits per heavy atom. The summed E-state index contributed by atoms with van der Waals surface area (Å²) in [7, 11) is 0. The number of aliphatic hydroxyl groups is 7. The molecule has 2 saturated heterocycles. The standard InChI is InChI=1S/C56H100O15/c1-3-5-7-9-11-13-15-17-19-21-23-24-26-28-30-32-34-36-38-47(58)66-41-44(69-48(59)39-37-35-33-31-29-27-25-22-20-18-16-14-12-10-8-6-4-2)42-67-55-54(65)52(63)50(61)46(71-55)43-68-56-53(64)51(62)49(60)45(40-57)70-56/h12,14,18,20,25,27,44-46,49-57,60-65H,3-11,13,15-17,19,21-24,26,28-43H2,1-2H3/b14-12+,20-18+,27-25+/t44-,45+,46+,49-,50-,51?,52?,53?,54?,55+,56+/m0/s1. The topological polar surface area (TPSA) is 231 Å². The normalized spacial score (nSPS) is 25.4. The third kappa shape index (κ3) is 30.6. The van der Waals surface area contributed by atoms with Gasteiger partial charge in [-0.3, -0.25) is 9.59 Å². The Balaban J connectivity index is 1.78. The zero-order valence-corrected chi connectivity index (χ0v) is 44.0. The van der Waals surface area contributed by atoms with Crippen LogP contribution in [0.25, 0.3) is 0 Å². The first-order chi connectivity index (χ1) is 34.5. The van der Waals surface area contributed by atoms with Gasteiger partial charge in [-0.25, -0.2) is 0 Å². The van der Waals surface area contributed by atoms with Crippen molar-refractivity contribution in [1.29, 1.82) is 0 Å². The molecule has 0 aromatic rings. The molecule has 0 radical (unpaired) electrons. The smallest absolute Gasteiger partial charge is 0.306 e. The molecule has 0 aliphatic carbocycles. The van der Waals surface area contributed by atoms with Crippen molar-refractivity contribution in [2.75, 3.05) is 26.4 Å². The number of allylic oxidation sites excluding steroid dienone is 6. The van der Waals surface area contributed by atoms with Crippen molar-refractivity contribution < 1.29 is 73.8 Å². The number of carbonyl (C=O) groups excluding carboxylic acids is 2. The van der Waals surface area contributed by atoms with E-state index in [-0.39, 0.29) is 26.1 Å². The van der Waals surface area contributed by atoms with Crippen molar-refractivity contribution in [3.63, 3.8) is 0 Å². The predicted octanol–water partition coefficient (Wildman–Crippen LogP) is 8.88. The molecule has 0 saturated carbocycles. The molecule has 2 heterocycles. The van der Waals surface area contributed by atoms with Crippen LogP contribution in [0, 0.1) is 0 Å². The van der Waals surface area contributed by atoms with Gasteiger partial charge in [0.25, 0.3) is 0 Å². The average Bonchev–Trinajstić information content (AvgIpc) is 3.36. The summed E-state index contributed by atoms with van der Waals surface area (Å²) in [6.07, 6.45) is 30.2. The zero-order valence-electron chi connectivity index (χ0n) is 44.0. The SMILES string of the molecule is CCCCC/C=C/C/C=C/C/C=C/CCCCCCC(=O)O[C@@H](COC(=O)CCCCCCCCCCCCCCCCCCCC)CO[C@@H]1O[C@H](CO[C@@H]2O[C@H](CO)[C@H](O)C(O)C2O)[C@H](O)C(O)C1O. The van der Waals surface area contributed by atoms with Gasteiger partial charge in [0.05, 0.1) is 19.8 Å². The van der Waals surface area contributed by atoms with Gasteiger partial charge < -0.3 is 64.2 Å². The first-order valence-electron chi connectivity index (χ1n) is 28.1. The van der Waals surface area contributed by atoms with Gasteiger partial charge in [0.1, 0.15) is 55.4 Å². The van der Waals surface area contributed by atoms with Crippen LogP contribution in [0.4, 0.5) is 0 Å². The Kier molecular flexibility index (Phi) is 39.3. The van der Waals surface area contributed by atoms with Crippen LogP contribution >= 0.6 is 0 Å². The average molecular weight is 1010 g/mol. The highest BCUT2D eigenvalue weighted by Gasteiger charge is 2.47. The van der Waals surface area contributed by atoms with Crippen molar-refractivity contribution >= 4 is 11.9 Å². The fourth-order valence-corrected chi connectivity index (χ4v) is 8.75. The lowest BCUT2D eigenvalue weighted by molar-refractivity contribution is -0.332. The first kappa shape index (κ1) is 64.8. The van der Waals surface area contributed by atoms with E-state index in [1.807, 2.05) is 0 Å². The molecule has 4 unspecified atom stereocenters. The number of unbranched alkanes of at least 4 members (excludes halogenated alkanes) is 24. The number of hydrogen-bond donors (Lipinski definition) is 7. The van der Waals surface area contributed by atoms with Gasteiger partial charge >= 0.3 is 11.9 Å². The Hall–Kier alpha value is -2.28. The number of rotatable bonds is 44. The summed E-state index contributed by atoms with van der Waals surface area (Å²) in [5, 5.41) is 72.2. The van der Waals surface area contributed by atoms with Gasteiger partial charge in [0.15, 0.2) is 18.7 Å². The van der Waals surface area contributed by atoms with Crippen LogP contribution in [0.2, 0.25) is 0 Å². The zero-order chi connectivity index (χ0) is 51.7. The summed E-state index contributed by atoms with van der Waals surface area (Å²) >= 11 is 0. The summed E-state index contributed by atoms with van der Waals surface area (Å²) in [5.74, 6) is -0.942. The van der Waals surface area contributed by atoms with Gasteiger partial charge in [-0.05, 0) is 51.4 Å². The maximum atomic E-state index is 13.0. The summed E-state index contributed by atoms with van der Waals surface area (Å²) in [4.78, 5) is 25.8. The predicted molar refractivity (Wildman–Crippen MR) is 275 cm³/mol. The second kappa shape index (κ2) is 43.0. The molecule has 0 bridgehead atoms. The van der Waals surface area contributed by atoms with Crippen LogP contribution in [0.15, 0.2) is 36.5 Å². The molecule has 0 amide bonds. The van der Waals surface area contributed by atoms with Crippen molar-refractivity contribution in [2.24, 2.45) is 0 Å². The highest BCUT2D eigenvalue weighted by Crippen LogP contribution is 2.27. The van der Waals surface area contributed by atoms with Crippen LogP contribution in [0.3, 0.4) is 0 Å². The molecule has 7 N–H and O–H groups in total. The second-order valence-corrected chi connectivity index (χ2v) is 19.8. The van der Waals surface area contributed by atoms with Crippen LogP contribution in [0.1, 0.15) is 213 Å². The Morgan fingerprint density at radius 3 is 1.35 bits per heavy atom. The molecule has 0 aromatic heterocycles. The van der Waals surface area contributed by atoms with Crippen LogP contribution in [0.5, 0.6) is 0 Å².